The third-order valence-electron chi connectivity index (χ3n) is 6.87. The van der Waals surface area contributed by atoms with E-state index >= 15 is 0 Å². The maximum Gasteiger partial charge on any atom is 0.252 e. The fourth-order valence-electron chi connectivity index (χ4n) is 4.71. The van der Waals surface area contributed by atoms with Crippen LogP contribution in [0.3, 0.4) is 0 Å². The van der Waals surface area contributed by atoms with E-state index < -0.39 is 0 Å². The number of aryl methyl sites for hydroxylation is 2. The summed E-state index contributed by atoms with van der Waals surface area (Å²) in [5.41, 5.74) is 4.64. The third-order valence-corrected chi connectivity index (χ3v) is 7.73. The molecule has 5 aromatic rings. The molecule has 0 amide bonds. The summed E-state index contributed by atoms with van der Waals surface area (Å²) in [6.07, 6.45) is 0.749. The lowest BCUT2D eigenvalue weighted by atomic mass is 10.0. The molecule has 0 saturated carbocycles. The van der Waals surface area contributed by atoms with Gasteiger partial charge in [0.25, 0.3) is 5.56 Å². The number of hydrogen-bond acceptors (Lipinski definition) is 6. The van der Waals surface area contributed by atoms with Gasteiger partial charge in [0.15, 0.2) is 5.82 Å². The predicted molar refractivity (Wildman–Crippen MR) is 144 cm³/mol. The van der Waals surface area contributed by atoms with Gasteiger partial charge in [-0.2, -0.15) is 0 Å². The van der Waals surface area contributed by atoms with Crippen LogP contribution in [0.4, 0.5) is 4.39 Å². The standard InChI is InChI=1S/C28H29FN6OS/c1-4-25(27-31-32-33-35(27)15-20-8-11-23(29)12-9-20)34(17-24-6-5-13-37-24)16-22-14-21-10-7-18(2)19(3)26(21)30-28(22)36/h5-14,25H,4,15-17H2,1-3H3,(H,30,36)/t25-/m0/s1. The molecule has 37 heavy (non-hydrogen) atoms. The fraction of sp³-hybridized carbons (Fsp3) is 0.286. The Morgan fingerprint density at radius 2 is 1.92 bits per heavy atom. The molecule has 7 nitrogen and oxygen atoms in total. The van der Waals surface area contributed by atoms with Gasteiger partial charge in [0, 0.05) is 23.5 Å². The Morgan fingerprint density at radius 1 is 1.11 bits per heavy atom. The summed E-state index contributed by atoms with van der Waals surface area (Å²) < 4.78 is 15.2. The molecule has 5 rings (SSSR count). The summed E-state index contributed by atoms with van der Waals surface area (Å²) in [6.45, 7) is 7.71. The smallest absolute Gasteiger partial charge is 0.252 e. The molecule has 0 bridgehead atoms. The molecule has 3 aromatic heterocycles. The lowest BCUT2D eigenvalue weighted by Gasteiger charge is -2.30. The summed E-state index contributed by atoms with van der Waals surface area (Å²) >= 11 is 1.68. The molecular formula is C28H29FN6OS. The first-order valence-electron chi connectivity index (χ1n) is 12.3. The van der Waals surface area contributed by atoms with Gasteiger partial charge in [0.1, 0.15) is 5.82 Å². The Kier molecular flexibility index (Phi) is 7.25. The SMILES string of the molecule is CC[C@@H](c1nnnn1Cc1ccc(F)cc1)N(Cc1cccs1)Cc1cc2ccc(C)c(C)c2[nH]c1=O. The Labute approximate surface area is 218 Å². The minimum absolute atomic E-state index is 0.0851. The van der Waals surface area contributed by atoms with Crippen molar-refractivity contribution >= 4 is 22.2 Å². The van der Waals surface area contributed by atoms with Crippen molar-refractivity contribution in [3.8, 4) is 0 Å². The number of thiophene rings is 1. The van der Waals surface area contributed by atoms with Crippen molar-refractivity contribution in [2.24, 2.45) is 0 Å². The number of H-pyrrole nitrogens is 1. The van der Waals surface area contributed by atoms with Crippen LogP contribution in [0.2, 0.25) is 0 Å². The van der Waals surface area contributed by atoms with E-state index in [1.165, 1.54) is 17.0 Å². The van der Waals surface area contributed by atoms with E-state index in [9.17, 15) is 9.18 Å². The van der Waals surface area contributed by atoms with Gasteiger partial charge in [0.05, 0.1) is 18.1 Å². The van der Waals surface area contributed by atoms with E-state index in [2.05, 4.69) is 55.9 Å². The van der Waals surface area contributed by atoms with Crippen molar-refractivity contribution in [1.29, 1.82) is 0 Å². The number of rotatable bonds is 9. The highest BCUT2D eigenvalue weighted by atomic mass is 32.1. The zero-order chi connectivity index (χ0) is 25.9. The number of pyridine rings is 1. The zero-order valence-corrected chi connectivity index (χ0v) is 21.9. The first-order valence-corrected chi connectivity index (χ1v) is 13.2. The fourth-order valence-corrected chi connectivity index (χ4v) is 5.44. The molecular weight excluding hydrogens is 487 g/mol. The van der Waals surface area contributed by atoms with E-state index in [0.717, 1.165) is 34.0 Å². The van der Waals surface area contributed by atoms with Gasteiger partial charge in [-0.1, -0.05) is 37.3 Å². The lowest BCUT2D eigenvalue weighted by Crippen LogP contribution is -2.32. The van der Waals surface area contributed by atoms with Crippen LogP contribution in [0.15, 0.2) is 64.8 Å². The quantitative estimate of drug-likeness (QED) is 0.279. The average molecular weight is 517 g/mol. The Balaban J connectivity index is 1.50. The minimum atomic E-state index is -0.278. The number of hydrogen-bond donors (Lipinski definition) is 1. The molecule has 0 saturated heterocycles. The molecule has 3 heterocycles. The molecule has 0 aliphatic rings. The normalized spacial score (nSPS) is 12.5. The Morgan fingerprint density at radius 3 is 2.65 bits per heavy atom. The van der Waals surface area contributed by atoms with Gasteiger partial charge >= 0.3 is 0 Å². The van der Waals surface area contributed by atoms with Gasteiger partial charge in [-0.3, -0.25) is 9.69 Å². The second-order valence-corrected chi connectivity index (χ2v) is 10.4. The van der Waals surface area contributed by atoms with Crippen LogP contribution in [-0.4, -0.2) is 30.1 Å². The van der Waals surface area contributed by atoms with Crippen molar-refractivity contribution < 1.29 is 4.39 Å². The van der Waals surface area contributed by atoms with Crippen molar-refractivity contribution in [3.05, 3.63) is 109 Å². The van der Waals surface area contributed by atoms with Crippen LogP contribution in [0.5, 0.6) is 0 Å². The summed E-state index contributed by atoms with van der Waals surface area (Å²) in [5, 5.41) is 15.7. The number of fused-ring (bicyclic) bond motifs is 1. The lowest BCUT2D eigenvalue weighted by molar-refractivity contribution is 0.163. The summed E-state index contributed by atoms with van der Waals surface area (Å²) in [4.78, 5) is 19.8. The topological polar surface area (TPSA) is 79.7 Å². The largest absolute Gasteiger partial charge is 0.321 e. The van der Waals surface area contributed by atoms with Crippen molar-refractivity contribution in [2.75, 3.05) is 0 Å². The molecule has 0 unspecified atom stereocenters. The molecule has 2 aromatic carbocycles. The van der Waals surface area contributed by atoms with Crippen LogP contribution in [0.1, 0.15) is 52.3 Å². The summed E-state index contributed by atoms with van der Waals surface area (Å²) in [6, 6.07) is 16.5. The minimum Gasteiger partial charge on any atom is -0.321 e. The number of aromatic nitrogens is 5. The van der Waals surface area contributed by atoms with Crippen LogP contribution < -0.4 is 5.56 Å². The monoisotopic (exact) mass is 516 g/mol. The van der Waals surface area contributed by atoms with Crippen molar-refractivity contribution in [3.63, 3.8) is 0 Å². The molecule has 0 aliphatic carbocycles. The maximum absolute atomic E-state index is 13.4. The maximum atomic E-state index is 13.4. The van der Waals surface area contributed by atoms with Crippen LogP contribution in [-0.2, 0) is 19.6 Å². The molecule has 190 valence electrons. The van der Waals surface area contributed by atoms with Crippen molar-refractivity contribution in [1.82, 2.24) is 30.1 Å². The van der Waals surface area contributed by atoms with E-state index in [1.807, 2.05) is 26.0 Å². The van der Waals surface area contributed by atoms with E-state index in [0.29, 0.717) is 31.0 Å². The van der Waals surface area contributed by atoms with Gasteiger partial charge in [-0.15, -0.1) is 16.4 Å². The number of nitrogens with one attached hydrogen (secondary N) is 1. The summed E-state index contributed by atoms with van der Waals surface area (Å²) in [7, 11) is 0. The van der Waals surface area contributed by atoms with E-state index in [4.69, 9.17) is 0 Å². The van der Waals surface area contributed by atoms with Gasteiger partial charge in [-0.25, -0.2) is 9.07 Å². The highest BCUT2D eigenvalue weighted by Crippen LogP contribution is 2.28. The molecule has 0 spiro atoms. The highest BCUT2D eigenvalue weighted by Gasteiger charge is 2.26. The number of aromatic amines is 1. The molecule has 0 fully saturated rings. The first-order chi connectivity index (χ1) is 17.9. The van der Waals surface area contributed by atoms with E-state index in [-0.39, 0.29) is 17.4 Å². The third kappa shape index (κ3) is 5.38. The van der Waals surface area contributed by atoms with Gasteiger partial charge in [0.2, 0.25) is 0 Å². The van der Waals surface area contributed by atoms with Crippen LogP contribution in [0, 0.1) is 19.7 Å². The number of nitrogens with zero attached hydrogens (tertiary/aromatic N) is 5. The summed E-state index contributed by atoms with van der Waals surface area (Å²) in [5.74, 6) is 0.437. The Hall–Kier alpha value is -3.69. The van der Waals surface area contributed by atoms with Gasteiger partial charge < -0.3 is 4.98 Å². The van der Waals surface area contributed by atoms with Crippen molar-refractivity contribution in [2.45, 2.75) is 52.9 Å². The number of tetrazole rings is 1. The van der Waals surface area contributed by atoms with Gasteiger partial charge in [-0.05, 0) is 82.4 Å². The van der Waals surface area contributed by atoms with E-state index in [1.54, 1.807) is 28.2 Å². The second kappa shape index (κ2) is 10.7. The predicted octanol–water partition coefficient (Wildman–Crippen LogP) is 5.53. The number of benzene rings is 2. The molecule has 0 radical (unpaired) electrons. The Bertz CT molecular complexity index is 1560. The van der Waals surface area contributed by atoms with Crippen LogP contribution >= 0.6 is 11.3 Å². The first kappa shape index (κ1) is 25.0. The molecule has 9 heteroatoms. The van der Waals surface area contributed by atoms with Crippen LogP contribution in [0.25, 0.3) is 10.9 Å². The molecule has 1 N–H and O–H groups in total. The second-order valence-electron chi connectivity index (χ2n) is 9.32. The molecule has 0 aliphatic heterocycles. The average Bonchev–Trinajstić information content (AvgIpc) is 3.57. The number of halogens is 1. The zero-order valence-electron chi connectivity index (χ0n) is 21.1. The highest BCUT2D eigenvalue weighted by molar-refractivity contribution is 7.09. The molecule has 1 atom stereocenters.